The number of hydrogen-bond donors (Lipinski definition) is 1. The van der Waals surface area contributed by atoms with E-state index in [1.807, 2.05) is 0 Å². The molecule has 1 nitrogen and oxygen atoms in total. The van der Waals surface area contributed by atoms with Crippen molar-refractivity contribution in [3.05, 3.63) is 35.9 Å². The third-order valence-electron chi connectivity index (χ3n) is 3.07. The summed E-state index contributed by atoms with van der Waals surface area (Å²) in [4.78, 5) is 0. The van der Waals surface area contributed by atoms with Crippen LogP contribution < -0.4 is 5.32 Å². The molecular weight excluding hydrogens is 206 g/mol. The molecule has 0 aliphatic carbocycles. The first-order chi connectivity index (χ1) is 8.24. The Morgan fingerprint density at radius 2 is 1.76 bits per heavy atom. The van der Waals surface area contributed by atoms with Crippen molar-refractivity contribution in [3.63, 3.8) is 0 Å². The van der Waals surface area contributed by atoms with Crippen LogP contribution in [0.4, 0.5) is 0 Å². The Bertz CT molecular complexity index is 279. The van der Waals surface area contributed by atoms with Gasteiger partial charge in [-0.2, -0.15) is 0 Å². The van der Waals surface area contributed by atoms with Gasteiger partial charge in [-0.1, -0.05) is 70.4 Å². The van der Waals surface area contributed by atoms with Gasteiger partial charge in [0.2, 0.25) is 0 Å². The Balaban J connectivity index is 2.52. The highest BCUT2D eigenvalue weighted by atomic mass is 14.9. The summed E-state index contributed by atoms with van der Waals surface area (Å²) in [6, 6.07) is 11.4. The molecule has 0 aliphatic rings. The lowest BCUT2D eigenvalue weighted by molar-refractivity contribution is 0.438. The van der Waals surface area contributed by atoms with Crippen LogP contribution in [-0.2, 0) is 0 Å². The molecule has 17 heavy (non-hydrogen) atoms. The molecule has 1 unspecified atom stereocenters. The topological polar surface area (TPSA) is 12.0 Å². The van der Waals surface area contributed by atoms with E-state index in [1.54, 1.807) is 0 Å². The van der Waals surface area contributed by atoms with Gasteiger partial charge in [0.15, 0.2) is 0 Å². The van der Waals surface area contributed by atoms with Crippen molar-refractivity contribution in [1.82, 2.24) is 5.32 Å². The standard InChI is InChI=1S/C16H27N/c1-4-5-7-12-16(17-13-14(2)3)15-10-8-6-9-11-15/h6,8-11,14,16-17H,4-5,7,12-13H2,1-3H3. The number of benzene rings is 1. The van der Waals surface area contributed by atoms with Crippen LogP contribution in [0.1, 0.15) is 58.1 Å². The minimum absolute atomic E-state index is 0.533. The molecule has 96 valence electrons. The molecule has 1 heteroatoms. The van der Waals surface area contributed by atoms with Crippen molar-refractivity contribution in [3.8, 4) is 0 Å². The predicted octanol–water partition coefficient (Wildman–Crippen LogP) is 4.55. The number of nitrogens with one attached hydrogen (secondary N) is 1. The lowest BCUT2D eigenvalue weighted by Crippen LogP contribution is -2.25. The molecular formula is C16H27N. The molecule has 0 heterocycles. The van der Waals surface area contributed by atoms with E-state index in [9.17, 15) is 0 Å². The fraction of sp³-hybridized carbons (Fsp3) is 0.625. The maximum Gasteiger partial charge on any atom is 0.0320 e. The van der Waals surface area contributed by atoms with Crippen LogP contribution in [0.2, 0.25) is 0 Å². The summed E-state index contributed by atoms with van der Waals surface area (Å²) >= 11 is 0. The first kappa shape index (κ1) is 14.2. The highest BCUT2D eigenvalue weighted by Gasteiger charge is 2.10. The highest BCUT2D eigenvalue weighted by Crippen LogP contribution is 2.19. The molecule has 0 bridgehead atoms. The molecule has 1 rings (SSSR count). The second-order valence-electron chi connectivity index (χ2n) is 5.26. The van der Waals surface area contributed by atoms with E-state index in [0.29, 0.717) is 12.0 Å². The maximum atomic E-state index is 3.69. The van der Waals surface area contributed by atoms with Gasteiger partial charge in [-0.15, -0.1) is 0 Å². The minimum atomic E-state index is 0.533. The summed E-state index contributed by atoms with van der Waals surface area (Å²) < 4.78 is 0. The highest BCUT2D eigenvalue weighted by molar-refractivity contribution is 5.18. The summed E-state index contributed by atoms with van der Waals surface area (Å²) in [7, 11) is 0. The molecule has 0 saturated heterocycles. The number of rotatable bonds is 8. The average Bonchev–Trinajstić information content (AvgIpc) is 2.34. The van der Waals surface area contributed by atoms with Crippen molar-refractivity contribution < 1.29 is 0 Å². The van der Waals surface area contributed by atoms with Crippen LogP contribution >= 0.6 is 0 Å². The van der Waals surface area contributed by atoms with Crippen molar-refractivity contribution >= 4 is 0 Å². The Labute approximate surface area is 107 Å². The molecule has 0 aromatic heterocycles. The Morgan fingerprint density at radius 3 is 2.35 bits per heavy atom. The minimum Gasteiger partial charge on any atom is -0.310 e. The van der Waals surface area contributed by atoms with E-state index < -0.39 is 0 Å². The van der Waals surface area contributed by atoms with Crippen LogP contribution in [0.5, 0.6) is 0 Å². The predicted molar refractivity (Wildman–Crippen MR) is 76.2 cm³/mol. The van der Waals surface area contributed by atoms with Gasteiger partial charge in [0.25, 0.3) is 0 Å². The van der Waals surface area contributed by atoms with Gasteiger partial charge in [-0.25, -0.2) is 0 Å². The van der Waals surface area contributed by atoms with Crippen LogP contribution in [0.3, 0.4) is 0 Å². The zero-order valence-electron chi connectivity index (χ0n) is 11.6. The zero-order chi connectivity index (χ0) is 12.5. The first-order valence-electron chi connectivity index (χ1n) is 7.02. The summed E-state index contributed by atoms with van der Waals surface area (Å²) in [5, 5.41) is 3.69. The fourth-order valence-electron chi connectivity index (χ4n) is 2.05. The van der Waals surface area contributed by atoms with Crippen molar-refractivity contribution in [1.29, 1.82) is 0 Å². The van der Waals surface area contributed by atoms with E-state index in [2.05, 4.69) is 56.4 Å². The van der Waals surface area contributed by atoms with Crippen molar-refractivity contribution in [2.45, 2.75) is 52.5 Å². The Hall–Kier alpha value is -0.820. The van der Waals surface area contributed by atoms with Gasteiger partial charge in [0, 0.05) is 6.04 Å². The lowest BCUT2D eigenvalue weighted by atomic mass is 10.00. The van der Waals surface area contributed by atoms with Crippen molar-refractivity contribution in [2.75, 3.05) is 6.54 Å². The normalized spacial score (nSPS) is 12.9. The first-order valence-corrected chi connectivity index (χ1v) is 7.02. The molecule has 1 atom stereocenters. The molecule has 0 spiro atoms. The van der Waals surface area contributed by atoms with Crippen LogP contribution in [-0.4, -0.2) is 6.54 Å². The second-order valence-corrected chi connectivity index (χ2v) is 5.26. The van der Waals surface area contributed by atoms with E-state index in [-0.39, 0.29) is 0 Å². The summed E-state index contributed by atoms with van der Waals surface area (Å²) in [6.07, 6.45) is 5.21. The Kier molecular flexibility index (Phi) is 6.95. The molecule has 1 N–H and O–H groups in total. The van der Waals surface area contributed by atoms with E-state index in [0.717, 1.165) is 6.54 Å². The molecule has 0 saturated carbocycles. The second kappa shape index (κ2) is 8.30. The summed E-state index contributed by atoms with van der Waals surface area (Å²) in [5.74, 6) is 0.715. The van der Waals surface area contributed by atoms with Crippen LogP contribution in [0, 0.1) is 5.92 Å². The molecule has 0 radical (unpaired) electrons. The maximum absolute atomic E-state index is 3.69. The zero-order valence-corrected chi connectivity index (χ0v) is 11.6. The third-order valence-corrected chi connectivity index (χ3v) is 3.07. The molecule has 0 aliphatic heterocycles. The van der Waals surface area contributed by atoms with Gasteiger partial charge >= 0.3 is 0 Å². The average molecular weight is 233 g/mol. The van der Waals surface area contributed by atoms with Crippen LogP contribution in [0.15, 0.2) is 30.3 Å². The number of hydrogen-bond acceptors (Lipinski definition) is 1. The summed E-state index contributed by atoms with van der Waals surface area (Å²) in [6.45, 7) is 7.90. The fourth-order valence-corrected chi connectivity index (χ4v) is 2.05. The van der Waals surface area contributed by atoms with E-state index in [4.69, 9.17) is 0 Å². The van der Waals surface area contributed by atoms with E-state index in [1.165, 1.54) is 31.2 Å². The Morgan fingerprint density at radius 1 is 1.06 bits per heavy atom. The molecule has 1 aromatic rings. The van der Waals surface area contributed by atoms with Gasteiger partial charge < -0.3 is 5.32 Å². The quantitative estimate of drug-likeness (QED) is 0.649. The molecule has 1 aromatic carbocycles. The van der Waals surface area contributed by atoms with Gasteiger partial charge in [-0.3, -0.25) is 0 Å². The third kappa shape index (κ3) is 5.88. The smallest absolute Gasteiger partial charge is 0.0320 e. The monoisotopic (exact) mass is 233 g/mol. The van der Waals surface area contributed by atoms with Gasteiger partial charge in [-0.05, 0) is 24.4 Å². The van der Waals surface area contributed by atoms with Crippen LogP contribution in [0.25, 0.3) is 0 Å². The van der Waals surface area contributed by atoms with Gasteiger partial charge in [0.1, 0.15) is 0 Å². The molecule has 0 amide bonds. The van der Waals surface area contributed by atoms with Crippen molar-refractivity contribution in [2.24, 2.45) is 5.92 Å². The number of unbranched alkanes of at least 4 members (excludes halogenated alkanes) is 2. The lowest BCUT2D eigenvalue weighted by Gasteiger charge is -2.20. The molecule has 0 fully saturated rings. The van der Waals surface area contributed by atoms with Gasteiger partial charge in [0.05, 0.1) is 0 Å². The largest absolute Gasteiger partial charge is 0.310 e. The SMILES string of the molecule is CCCCCC(NCC(C)C)c1ccccc1. The summed E-state index contributed by atoms with van der Waals surface area (Å²) in [5.41, 5.74) is 1.43. The van der Waals surface area contributed by atoms with E-state index >= 15 is 0 Å².